The molecule has 2 aliphatic heterocycles. The van der Waals surface area contributed by atoms with Crippen molar-refractivity contribution >= 4 is 30.2 Å². The minimum atomic E-state index is -1.92. The zero-order valence-electron chi connectivity index (χ0n) is 20.2. The van der Waals surface area contributed by atoms with Crippen LogP contribution >= 0.6 is 0 Å². The number of hydrogen-bond donors (Lipinski definition) is 0. The van der Waals surface area contributed by atoms with E-state index in [1.54, 1.807) is 6.92 Å². The lowest BCUT2D eigenvalue weighted by Gasteiger charge is -2.41. The van der Waals surface area contributed by atoms with E-state index >= 15 is 0 Å². The van der Waals surface area contributed by atoms with E-state index in [4.69, 9.17) is 9.97 Å². The van der Waals surface area contributed by atoms with Crippen LogP contribution in [0.4, 0.5) is 0 Å². The van der Waals surface area contributed by atoms with Gasteiger partial charge in [-0.2, -0.15) is 0 Å². The highest BCUT2D eigenvalue weighted by Crippen LogP contribution is 2.42. The smallest absolute Gasteiger partial charge is 0.163 e. The van der Waals surface area contributed by atoms with Crippen molar-refractivity contribution in [2.45, 2.75) is 65.1 Å². The summed E-state index contributed by atoms with van der Waals surface area (Å²) in [6.45, 7) is 15.8. The molecule has 0 saturated heterocycles. The fourth-order valence-electron chi connectivity index (χ4n) is 5.85. The molecule has 32 heavy (non-hydrogen) atoms. The molecule has 4 nitrogen and oxygen atoms in total. The van der Waals surface area contributed by atoms with Crippen LogP contribution in [0.15, 0.2) is 54.6 Å². The first-order valence-corrected chi connectivity index (χ1v) is 13.8. The molecule has 2 aliphatic rings. The molecular weight excluding hydrogens is 410 g/mol. The lowest BCUT2D eigenvalue weighted by molar-refractivity contribution is 0.101. The lowest BCUT2D eigenvalue weighted by atomic mass is 10.1. The highest BCUT2D eigenvalue weighted by atomic mass is 28.3. The average Bonchev–Trinajstić information content (AvgIpc) is 3.14. The lowest BCUT2D eigenvalue weighted by Crippen LogP contribution is -2.56. The van der Waals surface area contributed by atoms with Crippen LogP contribution in [0.2, 0.25) is 16.6 Å². The summed E-state index contributed by atoms with van der Waals surface area (Å²) in [5.74, 6) is 0.967. The fourth-order valence-corrected chi connectivity index (χ4v) is 12.3. The van der Waals surface area contributed by atoms with Crippen LogP contribution in [0.1, 0.15) is 58.8 Å². The number of carbonyl (C=O) groups excluding carboxylic acids is 1. The quantitative estimate of drug-likeness (QED) is 0.249. The first kappa shape index (κ1) is 22.4. The Bertz CT molecular complexity index is 1220. The molecule has 0 atom stereocenters. The molecule has 2 heterocycles. The van der Waals surface area contributed by atoms with Gasteiger partial charge in [0.2, 0.25) is 0 Å². The van der Waals surface area contributed by atoms with Crippen LogP contribution in [-0.4, -0.2) is 28.4 Å². The van der Waals surface area contributed by atoms with Gasteiger partial charge in [0.25, 0.3) is 0 Å². The van der Waals surface area contributed by atoms with Crippen molar-refractivity contribution in [2.24, 2.45) is 0 Å². The standard InChI is InChI=1S/C27H33N3OSi/c1-17(2)32(18(3)4,19(5)6)26-16-24-27(29-26)30(25-11-9-8-10-23(25)28-24)22-14-12-21(13-15-22)20(7)31/h8-19H,1-7H3. The van der Waals surface area contributed by atoms with Gasteiger partial charge < -0.3 is 0 Å². The van der Waals surface area contributed by atoms with Gasteiger partial charge in [0, 0.05) is 16.6 Å². The SMILES string of the molecule is CC(=O)c1ccc(-n2c3nc([Si](C(C)C)(C(C)C)C(C)C)cc-3nc3ccccc32)cc1. The maximum Gasteiger partial charge on any atom is 0.163 e. The molecule has 0 saturated carbocycles. The normalized spacial score (nSPS) is 12.6. The van der Waals surface area contributed by atoms with Gasteiger partial charge in [-0.15, -0.1) is 0 Å². The Morgan fingerprint density at radius 1 is 0.844 bits per heavy atom. The van der Waals surface area contributed by atoms with E-state index in [9.17, 15) is 4.79 Å². The molecule has 5 heteroatoms. The second-order valence-corrected chi connectivity index (χ2v) is 15.6. The van der Waals surface area contributed by atoms with Crippen LogP contribution in [0.5, 0.6) is 0 Å². The third-order valence-electron chi connectivity index (χ3n) is 7.15. The van der Waals surface area contributed by atoms with Crippen LogP contribution < -0.4 is 5.32 Å². The van der Waals surface area contributed by atoms with Gasteiger partial charge in [-0.25, -0.2) is 9.97 Å². The summed E-state index contributed by atoms with van der Waals surface area (Å²) in [5.41, 5.74) is 6.33. The van der Waals surface area contributed by atoms with Gasteiger partial charge in [-0.05, 0) is 66.0 Å². The van der Waals surface area contributed by atoms with Crippen molar-refractivity contribution in [1.29, 1.82) is 0 Å². The van der Waals surface area contributed by atoms with Crippen molar-refractivity contribution < 1.29 is 4.79 Å². The molecule has 0 aromatic heterocycles. The Morgan fingerprint density at radius 3 is 2.00 bits per heavy atom. The Morgan fingerprint density at radius 2 is 1.44 bits per heavy atom. The molecule has 0 amide bonds. The maximum absolute atomic E-state index is 11.8. The third-order valence-corrected chi connectivity index (χ3v) is 14.0. The summed E-state index contributed by atoms with van der Waals surface area (Å²) in [6, 6.07) is 18.3. The number of nitrogens with zero attached hydrogens (tertiary/aromatic N) is 3. The van der Waals surface area contributed by atoms with E-state index in [0.717, 1.165) is 28.2 Å². The van der Waals surface area contributed by atoms with Gasteiger partial charge in [-0.3, -0.25) is 9.36 Å². The van der Waals surface area contributed by atoms with Crippen molar-refractivity contribution in [3.8, 4) is 17.2 Å². The number of ketones is 1. The zero-order chi connectivity index (χ0) is 23.2. The Kier molecular flexibility index (Phi) is 5.80. The predicted molar refractivity (Wildman–Crippen MR) is 136 cm³/mol. The van der Waals surface area contributed by atoms with Crippen molar-refractivity contribution in [1.82, 2.24) is 14.5 Å². The van der Waals surface area contributed by atoms with Gasteiger partial charge in [0.1, 0.15) is 13.8 Å². The Balaban J connectivity index is 2.05. The number of hydrogen-bond acceptors (Lipinski definition) is 3. The van der Waals surface area contributed by atoms with E-state index in [1.165, 1.54) is 5.32 Å². The maximum atomic E-state index is 11.8. The van der Waals surface area contributed by atoms with Gasteiger partial charge in [0.15, 0.2) is 11.6 Å². The van der Waals surface area contributed by atoms with E-state index in [2.05, 4.69) is 64.3 Å². The summed E-state index contributed by atoms with van der Waals surface area (Å²) in [6.07, 6.45) is 0. The van der Waals surface area contributed by atoms with Gasteiger partial charge >= 0.3 is 0 Å². The molecule has 2 aromatic carbocycles. The Hall–Kier alpha value is -2.79. The summed E-state index contributed by atoms with van der Waals surface area (Å²) in [4.78, 5) is 22.1. The molecule has 166 valence electrons. The van der Waals surface area contributed by atoms with Crippen LogP contribution in [0.25, 0.3) is 28.2 Å². The molecule has 0 bridgehead atoms. The topological polar surface area (TPSA) is 47.8 Å². The highest BCUT2D eigenvalue weighted by molar-refractivity contribution is 6.94. The molecule has 0 spiro atoms. The molecule has 2 aromatic rings. The van der Waals surface area contributed by atoms with E-state index < -0.39 is 8.07 Å². The molecular formula is C27H33N3OSi. The van der Waals surface area contributed by atoms with E-state index in [1.807, 2.05) is 36.4 Å². The molecule has 0 fully saturated rings. The summed E-state index contributed by atoms with van der Waals surface area (Å²) >= 11 is 0. The molecule has 0 N–H and O–H groups in total. The number of benzene rings is 2. The summed E-state index contributed by atoms with van der Waals surface area (Å²) in [5, 5.41) is 1.25. The number of aromatic nitrogens is 3. The van der Waals surface area contributed by atoms with E-state index in [-0.39, 0.29) is 5.78 Å². The number of Topliss-reactive ketones (excluding diaryl/α,β-unsaturated/α-hetero) is 1. The minimum Gasteiger partial charge on any atom is -0.295 e. The number of rotatable bonds is 6. The second kappa shape index (κ2) is 8.28. The molecule has 0 radical (unpaired) electrons. The minimum absolute atomic E-state index is 0.0709. The number of para-hydroxylation sites is 2. The van der Waals surface area contributed by atoms with Crippen LogP contribution in [-0.2, 0) is 0 Å². The first-order chi connectivity index (χ1) is 15.2. The fraction of sp³-hybridized carbons (Fsp3) is 0.370. The molecule has 0 unspecified atom stereocenters. The Labute approximate surface area is 192 Å². The third kappa shape index (κ3) is 3.39. The molecule has 4 rings (SSSR count). The first-order valence-electron chi connectivity index (χ1n) is 11.6. The summed E-state index contributed by atoms with van der Waals surface area (Å²) < 4.78 is 2.20. The second-order valence-electron chi connectivity index (χ2n) is 9.79. The molecule has 0 aliphatic carbocycles. The highest BCUT2D eigenvalue weighted by Gasteiger charge is 2.47. The zero-order valence-corrected chi connectivity index (χ0v) is 21.2. The van der Waals surface area contributed by atoms with Crippen molar-refractivity contribution in [2.75, 3.05) is 0 Å². The number of carbonyl (C=O) groups is 1. The number of fused-ring (bicyclic) bond motifs is 2. The van der Waals surface area contributed by atoms with Gasteiger partial charge in [-0.1, -0.05) is 53.7 Å². The average molecular weight is 444 g/mol. The van der Waals surface area contributed by atoms with Crippen molar-refractivity contribution in [3.63, 3.8) is 0 Å². The predicted octanol–water partition coefficient (Wildman–Crippen LogP) is 6.61. The van der Waals surface area contributed by atoms with Crippen molar-refractivity contribution in [3.05, 3.63) is 60.2 Å². The largest absolute Gasteiger partial charge is 0.295 e. The van der Waals surface area contributed by atoms with Crippen LogP contribution in [0, 0.1) is 0 Å². The van der Waals surface area contributed by atoms with Crippen LogP contribution in [0.3, 0.4) is 0 Å². The van der Waals surface area contributed by atoms with Gasteiger partial charge in [0.05, 0.1) is 11.0 Å². The summed E-state index contributed by atoms with van der Waals surface area (Å²) in [7, 11) is -1.92. The van der Waals surface area contributed by atoms with E-state index in [0.29, 0.717) is 22.2 Å². The monoisotopic (exact) mass is 443 g/mol.